The fourth-order valence-electron chi connectivity index (χ4n) is 3.12. The molecule has 2 fully saturated rings. The molecule has 0 spiro atoms. The quantitative estimate of drug-likeness (QED) is 0.794. The molecule has 2 aliphatic rings. The molecule has 3 atom stereocenters. The molecule has 2 N–H and O–H groups in total. The molecule has 4 heteroatoms. The Kier molecular flexibility index (Phi) is 4.15. The second kappa shape index (κ2) is 5.47. The van der Waals surface area contributed by atoms with Gasteiger partial charge in [0.2, 0.25) is 0 Å². The van der Waals surface area contributed by atoms with Crippen LogP contribution in [0.5, 0.6) is 0 Å². The first-order valence-corrected chi connectivity index (χ1v) is 7.11. The number of carbonyl (C=O) groups excluding carboxylic acids is 1. The predicted molar refractivity (Wildman–Crippen MR) is 71.4 cm³/mol. The van der Waals surface area contributed by atoms with E-state index < -0.39 is 5.60 Å². The Hall–Kier alpha value is -0.770. The SMILES string of the molecule is CC(C)(C)OC(=O)NCC1CCC2CNCC2C1. The Labute approximate surface area is 110 Å². The average molecular weight is 254 g/mol. The zero-order valence-corrected chi connectivity index (χ0v) is 11.8. The Morgan fingerprint density at radius 3 is 2.72 bits per heavy atom. The maximum Gasteiger partial charge on any atom is 0.407 e. The van der Waals surface area contributed by atoms with Crippen molar-refractivity contribution in [1.82, 2.24) is 10.6 Å². The van der Waals surface area contributed by atoms with Gasteiger partial charge < -0.3 is 15.4 Å². The molecule has 104 valence electrons. The van der Waals surface area contributed by atoms with E-state index in [1.165, 1.54) is 25.8 Å². The second-order valence-electron chi connectivity index (χ2n) is 6.74. The maximum atomic E-state index is 11.6. The normalized spacial score (nSPS) is 31.8. The van der Waals surface area contributed by atoms with E-state index in [1.807, 2.05) is 20.8 Å². The van der Waals surface area contributed by atoms with Crippen LogP contribution in [0.4, 0.5) is 4.79 Å². The van der Waals surface area contributed by atoms with Gasteiger partial charge in [0.25, 0.3) is 0 Å². The second-order valence-corrected chi connectivity index (χ2v) is 6.74. The number of ether oxygens (including phenoxy) is 1. The number of hydrogen-bond acceptors (Lipinski definition) is 3. The summed E-state index contributed by atoms with van der Waals surface area (Å²) in [5, 5.41) is 6.38. The van der Waals surface area contributed by atoms with E-state index in [2.05, 4.69) is 10.6 Å². The number of rotatable bonds is 2. The van der Waals surface area contributed by atoms with Crippen LogP contribution in [-0.4, -0.2) is 31.3 Å². The molecule has 1 amide bonds. The molecule has 1 aliphatic heterocycles. The third-order valence-electron chi connectivity index (χ3n) is 4.00. The largest absolute Gasteiger partial charge is 0.444 e. The van der Waals surface area contributed by atoms with E-state index in [4.69, 9.17) is 4.74 Å². The number of carbonyl (C=O) groups is 1. The van der Waals surface area contributed by atoms with E-state index in [0.717, 1.165) is 24.9 Å². The molecular weight excluding hydrogens is 228 g/mol. The highest BCUT2D eigenvalue weighted by molar-refractivity contribution is 5.67. The summed E-state index contributed by atoms with van der Waals surface area (Å²) in [7, 11) is 0. The third kappa shape index (κ3) is 3.87. The van der Waals surface area contributed by atoms with Gasteiger partial charge in [-0.15, -0.1) is 0 Å². The minimum atomic E-state index is -0.406. The monoisotopic (exact) mass is 254 g/mol. The van der Waals surface area contributed by atoms with Gasteiger partial charge >= 0.3 is 6.09 Å². The molecule has 1 heterocycles. The first-order chi connectivity index (χ1) is 8.44. The van der Waals surface area contributed by atoms with Gasteiger partial charge in [-0.1, -0.05) is 0 Å². The lowest BCUT2D eigenvalue weighted by molar-refractivity contribution is 0.0510. The number of alkyl carbamates (subject to hydrolysis) is 1. The first kappa shape index (κ1) is 13.7. The zero-order valence-electron chi connectivity index (χ0n) is 11.8. The molecule has 0 aromatic rings. The standard InChI is InChI=1S/C14H26N2O2/c1-14(2,3)18-13(17)16-7-10-4-5-11-8-15-9-12(11)6-10/h10-12,15H,4-9H2,1-3H3,(H,16,17). The van der Waals surface area contributed by atoms with Gasteiger partial charge in [-0.05, 0) is 70.9 Å². The Morgan fingerprint density at radius 2 is 2.00 bits per heavy atom. The molecule has 0 radical (unpaired) electrons. The fraction of sp³-hybridized carbons (Fsp3) is 0.929. The highest BCUT2D eigenvalue weighted by Gasteiger charge is 2.33. The zero-order chi connectivity index (χ0) is 13.2. The highest BCUT2D eigenvalue weighted by atomic mass is 16.6. The van der Waals surface area contributed by atoms with Gasteiger partial charge in [-0.25, -0.2) is 4.79 Å². The summed E-state index contributed by atoms with van der Waals surface area (Å²) < 4.78 is 5.25. The average Bonchev–Trinajstić information content (AvgIpc) is 2.71. The van der Waals surface area contributed by atoms with Crippen LogP contribution in [0.15, 0.2) is 0 Å². The van der Waals surface area contributed by atoms with Crippen molar-refractivity contribution in [1.29, 1.82) is 0 Å². The van der Waals surface area contributed by atoms with E-state index in [9.17, 15) is 4.79 Å². The molecular formula is C14H26N2O2. The molecule has 0 aromatic carbocycles. The lowest BCUT2D eigenvalue weighted by Gasteiger charge is -2.31. The van der Waals surface area contributed by atoms with Crippen molar-refractivity contribution in [2.24, 2.45) is 17.8 Å². The molecule has 1 saturated carbocycles. The van der Waals surface area contributed by atoms with E-state index in [1.54, 1.807) is 0 Å². The van der Waals surface area contributed by atoms with Gasteiger partial charge in [-0.3, -0.25) is 0 Å². The molecule has 4 nitrogen and oxygen atoms in total. The summed E-state index contributed by atoms with van der Waals surface area (Å²) >= 11 is 0. The van der Waals surface area contributed by atoms with Crippen molar-refractivity contribution < 1.29 is 9.53 Å². The number of nitrogens with one attached hydrogen (secondary N) is 2. The summed E-state index contributed by atoms with van der Waals surface area (Å²) in [4.78, 5) is 11.6. The molecule has 2 rings (SSSR count). The van der Waals surface area contributed by atoms with Gasteiger partial charge in [0.1, 0.15) is 5.60 Å². The first-order valence-electron chi connectivity index (χ1n) is 7.11. The van der Waals surface area contributed by atoms with Crippen LogP contribution in [0.3, 0.4) is 0 Å². The summed E-state index contributed by atoms with van der Waals surface area (Å²) in [6.45, 7) is 8.79. The summed E-state index contributed by atoms with van der Waals surface area (Å²) in [6.07, 6.45) is 3.50. The van der Waals surface area contributed by atoms with Crippen LogP contribution in [0.1, 0.15) is 40.0 Å². The van der Waals surface area contributed by atoms with Crippen molar-refractivity contribution in [2.75, 3.05) is 19.6 Å². The van der Waals surface area contributed by atoms with Crippen LogP contribution in [-0.2, 0) is 4.74 Å². The fourth-order valence-corrected chi connectivity index (χ4v) is 3.12. The van der Waals surface area contributed by atoms with Crippen molar-refractivity contribution >= 4 is 6.09 Å². The van der Waals surface area contributed by atoms with E-state index in [-0.39, 0.29) is 6.09 Å². The minimum absolute atomic E-state index is 0.283. The highest BCUT2D eigenvalue weighted by Crippen LogP contribution is 2.35. The van der Waals surface area contributed by atoms with Crippen LogP contribution in [0.2, 0.25) is 0 Å². The van der Waals surface area contributed by atoms with E-state index >= 15 is 0 Å². The Balaban J connectivity index is 1.69. The van der Waals surface area contributed by atoms with Crippen LogP contribution in [0.25, 0.3) is 0 Å². The number of amides is 1. The Bertz CT molecular complexity index is 299. The topological polar surface area (TPSA) is 50.4 Å². The van der Waals surface area contributed by atoms with Crippen LogP contribution < -0.4 is 10.6 Å². The lowest BCUT2D eigenvalue weighted by atomic mass is 9.76. The molecule has 0 aromatic heterocycles. The maximum absolute atomic E-state index is 11.6. The van der Waals surface area contributed by atoms with Gasteiger partial charge in [-0.2, -0.15) is 0 Å². The minimum Gasteiger partial charge on any atom is -0.444 e. The predicted octanol–water partition coefficient (Wildman–Crippen LogP) is 2.15. The van der Waals surface area contributed by atoms with Gasteiger partial charge in [0, 0.05) is 6.54 Å². The van der Waals surface area contributed by atoms with Crippen LogP contribution in [0, 0.1) is 17.8 Å². The van der Waals surface area contributed by atoms with E-state index in [0.29, 0.717) is 5.92 Å². The molecule has 3 unspecified atom stereocenters. The van der Waals surface area contributed by atoms with Crippen molar-refractivity contribution in [2.45, 2.75) is 45.6 Å². The van der Waals surface area contributed by atoms with Crippen LogP contribution >= 0.6 is 0 Å². The number of hydrogen-bond donors (Lipinski definition) is 2. The van der Waals surface area contributed by atoms with Crippen molar-refractivity contribution in [3.05, 3.63) is 0 Å². The summed E-state index contributed by atoms with van der Waals surface area (Å²) in [5.41, 5.74) is -0.406. The Morgan fingerprint density at radius 1 is 1.28 bits per heavy atom. The summed E-state index contributed by atoms with van der Waals surface area (Å²) in [5.74, 6) is 2.32. The molecule has 0 bridgehead atoms. The summed E-state index contributed by atoms with van der Waals surface area (Å²) in [6, 6.07) is 0. The smallest absolute Gasteiger partial charge is 0.407 e. The van der Waals surface area contributed by atoms with Gasteiger partial charge in [0.15, 0.2) is 0 Å². The molecule has 18 heavy (non-hydrogen) atoms. The molecule has 1 saturated heterocycles. The van der Waals surface area contributed by atoms with Crippen molar-refractivity contribution in [3.63, 3.8) is 0 Å². The third-order valence-corrected chi connectivity index (χ3v) is 4.00. The number of fused-ring (bicyclic) bond motifs is 1. The van der Waals surface area contributed by atoms with Gasteiger partial charge in [0.05, 0.1) is 0 Å². The lowest BCUT2D eigenvalue weighted by Crippen LogP contribution is -2.37. The molecule has 1 aliphatic carbocycles. The van der Waals surface area contributed by atoms with Crippen molar-refractivity contribution in [3.8, 4) is 0 Å².